The number of fused-ring (bicyclic) bond motifs is 1. The van der Waals surface area contributed by atoms with E-state index in [4.69, 9.17) is 60.6 Å². The van der Waals surface area contributed by atoms with Crippen molar-refractivity contribution in [2.24, 2.45) is 0 Å². The van der Waals surface area contributed by atoms with Gasteiger partial charge in [0.1, 0.15) is 59.8 Å². The minimum atomic E-state index is 0.691. The molecule has 1 aliphatic carbocycles. The van der Waals surface area contributed by atoms with E-state index < -0.39 is 0 Å². The Labute approximate surface area is 807 Å². The van der Waals surface area contributed by atoms with Gasteiger partial charge in [0.25, 0.3) is 0 Å². The van der Waals surface area contributed by atoms with Crippen LogP contribution in [-0.2, 0) is 6.42 Å². The van der Waals surface area contributed by atoms with Crippen molar-refractivity contribution in [2.75, 3.05) is 136 Å². The largest absolute Gasteiger partial charge is 0.492 e. The number of piperidine rings is 2. The summed E-state index contributed by atoms with van der Waals surface area (Å²) in [6.07, 6.45) is 29.1. The topological polar surface area (TPSA) is 102 Å². The Hall–Kier alpha value is -11.5. The average molecular weight is 1840 g/mol. The Morgan fingerprint density at radius 2 is 0.699 bits per heavy atom. The Balaban J connectivity index is 0.000000130. The molecule has 0 spiro atoms. The molecule has 5 fully saturated rings. The average Bonchev–Trinajstić information content (AvgIpc) is 1.58. The van der Waals surface area contributed by atoms with E-state index in [9.17, 15) is 0 Å². The number of pyridine rings is 4. The van der Waals surface area contributed by atoms with Gasteiger partial charge in [0.05, 0.1) is 0 Å². The molecule has 19 rings (SSSR count). The molecule has 678 valence electrons. The first kappa shape index (κ1) is 94.6. The van der Waals surface area contributed by atoms with E-state index in [1.807, 2.05) is 225 Å². The number of nitrogens with zero attached hydrogens (tertiary/aromatic N) is 11. The highest BCUT2D eigenvalue weighted by Gasteiger charge is 2.30. The van der Waals surface area contributed by atoms with E-state index in [2.05, 4.69) is 158 Å². The zero-order valence-electron chi connectivity index (χ0n) is 76.4. The van der Waals surface area contributed by atoms with Gasteiger partial charge in [-0.1, -0.05) is 168 Å². The molecule has 4 saturated heterocycles. The summed E-state index contributed by atoms with van der Waals surface area (Å²) in [5.41, 5.74) is 19.4. The van der Waals surface area contributed by atoms with Crippen molar-refractivity contribution >= 4 is 52.1 Å². The van der Waals surface area contributed by atoms with E-state index in [0.29, 0.717) is 6.61 Å². The van der Waals surface area contributed by atoms with Crippen molar-refractivity contribution < 1.29 is 14.2 Å². The molecule has 4 aromatic heterocycles. The first-order valence-electron chi connectivity index (χ1n) is 47.3. The van der Waals surface area contributed by atoms with Crippen LogP contribution in [0.15, 0.2) is 267 Å². The predicted molar refractivity (Wildman–Crippen MR) is 547 cm³/mol. The summed E-state index contributed by atoms with van der Waals surface area (Å²) in [7, 11) is 2.35. The fourth-order valence-electron chi connectivity index (χ4n) is 18.2. The van der Waals surface area contributed by atoms with Gasteiger partial charge in [0.15, 0.2) is 0 Å². The molecule has 0 unspecified atom stereocenters. The van der Waals surface area contributed by atoms with Crippen molar-refractivity contribution in [3.05, 3.63) is 344 Å². The number of anilines is 1. The molecule has 1 saturated carbocycles. The Bertz CT molecular complexity index is 6000. The van der Waals surface area contributed by atoms with Crippen molar-refractivity contribution in [1.29, 1.82) is 0 Å². The molecule has 10 heterocycles. The zero-order valence-corrected chi connectivity index (χ0v) is 79.4. The molecule has 0 atom stereocenters. The van der Waals surface area contributed by atoms with Crippen LogP contribution in [0.1, 0.15) is 133 Å². The second-order valence-corrected chi connectivity index (χ2v) is 36.9. The van der Waals surface area contributed by atoms with Gasteiger partial charge >= 0.3 is 0 Å². The number of ether oxygens (including phenoxy) is 3. The highest BCUT2D eigenvalue weighted by atomic mass is 35.5. The van der Waals surface area contributed by atoms with Crippen LogP contribution in [0, 0.1) is 54.3 Å². The number of aromatic nitrogens is 4. The summed E-state index contributed by atoms with van der Waals surface area (Å²) in [4.78, 5) is 35.9. The standard InChI is InChI=1S/C33H38ClN3O.C30H32ClN3O.C27H26ClN3.C25H21ClN2O/c1-25-23-26(7-14-30-15-11-28(24-35-30)27-9-12-29(34)13-10-27)8-16-33(25)38-22-21-37-19-17-32(18-20-37)36(2)31-5-3-4-6-31;31-27-9-6-25(7-10-27)26-8-12-28(32-23-26)11-3-24-4-13-30(14-5-24)35-22-21-33-19-15-29(16-20-33)34-17-1-2-18-34;28-25-8-5-22(6-9-25)24-7-11-26(29-20-24)10-3-21-4-12-27-23(19-21)13-16-31(27)18-17-30-14-1-2-15-30;26-23-9-6-21(7-10-23)22-8-12-24(27-19-22)11-3-20-4-13-25(14-5-20)29-18-17-28-15-1-2-16-28/h8-13,15-16,23-24,31-32H,3-6,17-22H2,1-2H3;4-10,12-14,23,29H,1-2,15-22H2;4-9,11-12,19-20H,1-2,13-18H2;1-2,4-10,12-14,19H,15-18H2. The van der Waals surface area contributed by atoms with Crippen molar-refractivity contribution in [1.82, 2.24) is 49.3 Å². The number of hydrogen-bond acceptors (Lipinski definition) is 14. The third-order valence-corrected chi connectivity index (χ3v) is 27.1. The number of likely N-dealkylation sites (tertiary alicyclic amines) is 4. The monoisotopic (exact) mass is 1840 g/mol. The smallest absolute Gasteiger partial charge is 0.122 e. The minimum absolute atomic E-state index is 0.691. The van der Waals surface area contributed by atoms with Gasteiger partial charge in [-0.3, -0.25) is 14.7 Å². The van der Waals surface area contributed by atoms with Crippen LogP contribution in [0.5, 0.6) is 17.2 Å². The molecule has 0 N–H and O–H groups in total. The Kier molecular flexibility index (Phi) is 34.8. The zero-order chi connectivity index (χ0) is 91.1. The molecule has 7 aliphatic rings. The number of halogens is 4. The van der Waals surface area contributed by atoms with Crippen LogP contribution < -0.4 is 19.1 Å². The third kappa shape index (κ3) is 28.8. The van der Waals surface area contributed by atoms with E-state index in [-0.39, 0.29) is 0 Å². The van der Waals surface area contributed by atoms with Gasteiger partial charge in [-0.05, 0) is 352 Å². The van der Waals surface area contributed by atoms with Gasteiger partial charge in [-0.2, -0.15) is 0 Å². The summed E-state index contributed by atoms with van der Waals surface area (Å²) in [5.74, 6) is 28.2. The molecule has 0 amide bonds. The maximum absolute atomic E-state index is 6.15. The van der Waals surface area contributed by atoms with Crippen molar-refractivity contribution in [2.45, 2.75) is 109 Å². The summed E-state index contributed by atoms with van der Waals surface area (Å²) in [5, 5.41) is 2.93. The van der Waals surface area contributed by atoms with Crippen LogP contribution in [0.25, 0.3) is 44.5 Å². The quantitative estimate of drug-likeness (QED) is 0.0475. The molecule has 6 aliphatic heterocycles. The Morgan fingerprint density at radius 1 is 0.331 bits per heavy atom. The van der Waals surface area contributed by atoms with Gasteiger partial charge in [-0.15, -0.1) is 0 Å². The van der Waals surface area contributed by atoms with Crippen LogP contribution in [-0.4, -0.2) is 199 Å². The second kappa shape index (κ2) is 48.9. The molecular weight excluding hydrogens is 1730 g/mol. The van der Waals surface area contributed by atoms with Gasteiger partial charge in [0, 0.05) is 166 Å². The number of aryl methyl sites for hydroxylation is 1. The van der Waals surface area contributed by atoms with E-state index in [1.165, 1.54) is 147 Å². The highest BCUT2D eigenvalue weighted by molar-refractivity contribution is 6.31. The lowest BCUT2D eigenvalue weighted by molar-refractivity contribution is 0.0901. The summed E-state index contributed by atoms with van der Waals surface area (Å²) in [6.45, 7) is 22.5. The molecule has 14 nitrogen and oxygen atoms in total. The first-order chi connectivity index (χ1) is 65.3. The molecule has 8 aromatic carbocycles. The van der Waals surface area contributed by atoms with Gasteiger partial charge < -0.3 is 33.8 Å². The first-order valence-corrected chi connectivity index (χ1v) is 48.8. The van der Waals surface area contributed by atoms with Gasteiger partial charge in [0.2, 0.25) is 0 Å². The van der Waals surface area contributed by atoms with E-state index in [1.54, 1.807) is 0 Å². The van der Waals surface area contributed by atoms with Crippen LogP contribution in [0.2, 0.25) is 20.1 Å². The summed E-state index contributed by atoms with van der Waals surface area (Å²) in [6, 6.07) is 78.1. The third-order valence-electron chi connectivity index (χ3n) is 26.1. The fraction of sp³-hybridized carbons (Fsp3) is 0.322. The van der Waals surface area contributed by atoms with Crippen LogP contribution in [0.3, 0.4) is 0 Å². The maximum Gasteiger partial charge on any atom is 0.122 e. The number of benzene rings is 8. The molecule has 133 heavy (non-hydrogen) atoms. The molecular formula is C115H117Cl4N11O3. The summed E-state index contributed by atoms with van der Waals surface area (Å²) >= 11 is 23.9. The number of hydrogen-bond donors (Lipinski definition) is 0. The van der Waals surface area contributed by atoms with Crippen LogP contribution in [0.4, 0.5) is 5.69 Å². The van der Waals surface area contributed by atoms with Crippen molar-refractivity contribution in [3.8, 4) is 109 Å². The van der Waals surface area contributed by atoms with E-state index in [0.717, 1.165) is 216 Å². The van der Waals surface area contributed by atoms with E-state index >= 15 is 0 Å². The molecule has 12 aromatic rings. The highest BCUT2D eigenvalue weighted by Crippen LogP contribution is 2.33. The minimum Gasteiger partial charge on any atom is -0.492 e. The predicted octanol–water partition coefficient (Wildman–Crippen LogP) is 22.9. The number of rotatable bonds is 22. The Morgan fingerprint density at radius 3 is 1.13 bits per heavy atom. The van der Waals surface area contributed by atoms with Gasteiger partial charge in [-0.25, -0.2) is 19.9 Å². The second-order valence-electron chi connectivity index (χ2n) is 35.2. The maximum atomic E-state index is 6.15. The summed E-state index contributed by atoms with van der Waals surface area (Å²) < 4.78 is 18.0. The SMILES string of the molecule is Cc1cc(C#Cc2ccc(-c3ccc(Cl)cc3)cn2)ccc1OCCN1CCC(N(C)C2CCCC2)CC1.Clc1ccc(-c2ccc(C#Cc3ccc(OCCN4CC=CC4)cc3)nc2)cc1.Clc1ccc(-c2ccc(C#Cc3ccc(OCCN4CCC(N5CCCC5)CC4)cc3)nc2)cc1.Clc1ccc(-c2ccc(C#Cc3ccc4c(c3)CCN4CCN3CCCC3)nc2)cc1. The normalized spacial score (nSPS) is 15.9. The lowest BCUT2D eigenvalue weighted by atomic mass is 10.0. The lowest BCUT2D eigenvalue weighted by Gasteiger charge is -2.39. The lowest BCUT2D eigenvalue weighted by Crippen LogP contribution is -2.47. The molecule has 18 heteroatoms. The molecule has 0 radical (unpaired) electrons. The molecule has 0 bridgehead atoms. The van der Waals surface area contributed by atoms with Crippen LogP contribution >= 0.6 is 46.4 Å². The fourth-order valence-corrected chi connectivity index (χ4v) is 18.7. The van der Waals surface area contributed by atoms with Crippen molar-refractivity contribution in [3.63, 3.8) is 0 Å².